The van der Waals surface area contributed by atoms with Crippen molar-refractivity contribution in [2.45, 2.75) is 101 Å². The Kier molecular flexibility index (Phi) is 14.7. The third-order valence-electron chi connectivity index (χ3n) is 11.8. The van der Waals surface area contributed by atoms with Gasteiger partial charge in [0.15, 0.2) is 11.6 Å². The van der Waals surface area contributed by atoms with E-state index < -0.39 is 28.9 Å². The SMILES string of the molecule is CCC(C)(C)Oc1ccc(Oc2ccc(OC(=O)c3ccc(C(=O)C(C)(C)C(C)Oc4ccc(Cc5ccc(OC(=O)c6ccc(C(=O)C(C)(C)C)cc6)c(C)c5)cc4C)cc3)cc2)cc1. The highest BCUT2D eigenvalue weighted by Gasteiger charge is 2.36. The molecular weight excluding hydrogens is 829 g/mol. The average Bonchev–Trinajstić information content (AvgIpc) is 3.28. The number of ether oxygens (including phenoxy) is 5. The fourth-order valence-corrected chi connectivity index (χ4v) is 6.97. The van der Waals surface area contributed by atoms with Crippen LogP contribution in [-0.4, -0.2) is 35.2 Å². The molecule has 0 aliphatic heterocycles. The van der Waals surface area contributed by atoms with Gasteiger partial charge in [-0.05, 0) is 168 Å². The first kappa shape index (κ1) is 48.5. The van der Waals surface area contributed by atoms with Gasteiger partial charge in [-0.1, -0.05) is 76.2 Å². The quantitative estimate of drug-likeness (QED) is 0.0501. The van der Waals surface area contributed by atoms with E-state index in [1.807, 2.05) is 118 Å². The molecule has 1 unspecified atom stereocenters. The molecule has 0 aliphatic rings. The summed E-state index contributed by atoms with van der Waals surface area (Å²) in [6.07, 6.45) is 1.04. The second-order valence-electron chi connectivity index (χ2n) is 19.0. The maximum absolute atomic E-state index is 13.9. The van der Waals surface area contributed by atoms with E-state index in [1.54, 1.807) is 78.9 Å². The smallest absolute Gasteiger partial charge is 0.343 e. The van der Waals surface area contributed by atoms with Crippen molar-refractivity contribution >= 4 is 23.5 Å². The second kappa shape index (κ2) is 20.0. The molecule has 9 nitrogen and oxygen atoms in total. The number of carbonyl (C=O) groups is 4. The number of rotatable bonds is 17. The van der Waals surface area contributed by atoms with E-state index in [-0.39, 0.29) is 17.2 Å². The molecule has 0 bridgehead atoms. The van der Waals surface area contributed by atoms with Crippen LogP contribution < -0.4 is 23.7 Å². The van der Waals surface area contributed by atoms with Crippen LogP contribution in [0, 0.1) is 24.7 Å². The monoisotopic (exact) mass is 888 g/mol. The van der Waals surface area contributed by atoms with Crippen LogP contribution in [0.2, 0.25) is 0 Å². The molecule has 0 amide bonds. The summed E-state index contributed by atoms with van der Waals surface area (Å²) >= 11 is 0. The first-order valence-corrected chi connectivity index (χ1v) is 22.3. The summed E-state index contributed by atoms with van der Waals surface area (Å²) in [5, 5.41) is 0. The maximum Gasteiger partial charge on any atom is 0.343 e. The highest BCUT2D eigenvalue weighted by Crippen LogP contribution is 2.33. The molecule has 342 valence electrons. The molecule has 66 heavy (non-hydrogen) atoms. The van der Waals surface area contributed by atoms with Crippen LogP contribution in [0.15, 0.2) is 133 Å². The van der Waals surface area contributed by atoms with Gasteiger partial charge in [0, 0.05) is 16.5 Å². The highest BCUT2D eigenvalue weighted by atomic mass is 16.5. The molecule has 0 saturated heterocycles. The van der Waals surface area contributed by atoms with E-state index in [0.717, 1.165) is 34.4 Å². The molecule has 0 fully saturated rings. The van der Waals surface area contributed by atoms with E-state index in [1.165, 1.54) is 0 Å². The van der Waals surface area contributed by atoms with Crippen LogP contribution in [-0.2, 0) is 6.42 Å². The maximum atomic E-state index is 13.9. The zero-order chi connectivity index (χ0) is 48.0. The van der Waals surface area contributed by atoms with Crippen molar-refractivity contribution in [3.8, 4) is 34.5 Å². The molecule has 0 saturated carbocycles. The largest absolute Gasteiger partial charge is 0.489 e. The molecule has 0 spiro atoms. The fourth-order valence-electron chi connectivity index (χ4n) is 6.97. The minimum absolute atomic E-state index is 0.00675. The van der Waals surface area contributed by atoms with Gasteiger partial charge in [0.1, 0.15) is 46.2 Å². The van der Waals surface area contributed by atoms with Crippen molar-refractivity contribution in [2.75, 3.05) is 0 Å². The minimum atomic E-state index is -0.907. The number of hydrogen-bond acceptors (Lipinski definition) is 9. The summed E-state index contributed by atoms with van der Waals surface area (Å²) < 4.78 is 29.7. The minimum Gasteiger partial charge on any atom is -0.489 e. The van der Waals surface area contributed by atoms with Gasteiger partial charge in [0.2, 0.25) is 0 Å². The van der Waals surface area contributed by atoms with Crippen LogP contribution in [0.1, 0.15) is 132 Å². The lowest BCUT2D eigenvalue weighted by atomic mass is 9.79. The first-order chi connectivity index (χ1) is 31.1. The van der Waals surface area contributed by atoms with Crippen molar-refractivity contribution in [2.24, 2.45) is 10.8 Å². The number of hydrogen-bond donors (Lipinski definition) is 0. The van der Waals surface area contributed by atoms with Gasteiger partial charge in [0.25, 0.3) is 0 Å². The van der Waals surface area contributed by atoms with Crippen LogP contribution in [0.25, 0.3) is 0 Å². The van der Waals surface area contributed by atoms with E-state index in [9.17, 15) is 19.2 Å². The van der Waals surface area contributed by atoms with Gasteiger partial charge in [-0.3, -0.25) is 9.59 Å². The summed E-state index contributed by atoms with van der Waals surface area (Å²) in [4.78, 5) is 52.4. The van der Waals surface area contributed by atoms with Gasteiger partial charge in [0.05, 0.1) is 16.5 Å². The van der Waals surface area contributed by atoms with Gasteiger partial charge in [-0.15, -0.1) is 0 Å². The molecule has 0 aliphatic carbocycles. The molecule has 6 aromatic rings. The second-order valence-corrected chi connectivity index (χ2v) is 19.0. The lowest BCUT2D eigenvalue weighted by molar-refractivity contribution is 0.0555. The molecule has 0 radical (unpaired) electrons. The third kappa shape index (κ3) is 12.2. The standard InChI is InChI=1S/C57H60O9/c1-12-56(8,9)66-48-29-27-46(28-30-48)63-45-23-25-47(26-24-45)64-53(60)43-21-17-42(18-22-43)52(59)57(10,11)38(4)62-49-31-13-39(33-36(49)2)35-40-14-32-50(37(3)34-40)65-54(61)44-19-15-41(16-20-44)51(58)55(5,6)7/h13-34,38H,12,35H2,1-11H3. The van der Waals surface area contributed by atoms with E-state index in [2.05, 4.69) is 13.0 Å². The van der Waals surface area contributed by atoms with Crippen molar-refractivity contribution in [3.63, 3.8) is 0 Å². The van der Waals surface area contributed by atoms with E-state index >= 15 is 0 Å². The molecule has 9 heteroatoms. The molecular formula is C57H60O9. The Morgan fingerprint density at radius 2 is 0.924 bits per heavy atom. The van der Waals surface area contributed by atoms with Crippen molar-refractivity contribution in [1.82, 2.24) is 0 Å². The van der Waals surface area contributed by atoms with Crippen LogP contribution >= 0.6 is 0 Å². The number of carbonyl (C=O) groups excluding carboxylic acids is 4. The topological polar surface area (TPSA) is 114 Å². The Morgan fingerprint density at radius 1 is 0.500 bits per heavy atom. The summed E-state index contributed by atoms with van der Waals surface area (Å²) in [6.45, 7) is 21.2. The van der Waals surface area contributed by atoms with Crippen molar-refractivity contribution < 1.29 is 42.9 Å². The zero-order valence-electron chi connectivity index (χ0n) is 39.9. The van der Waals surface area contributed by atoms with Gasteiger partial charge < -0.3 is 23.7 Å². The summed E-state index contributed by atoms with van der Waals surface area (Å²) in [5.74, 6) is 2.34. The lowest BCUT2D eigenvalue weighted by Crippen LogP contribution is -2.39. The van der Waals surface area contributed by atoms with Crippen LogP contribution in [0.3, 0.4) is 0 Å². The lowest BCUT2D eigenvalue weighted by Gasteiger charge is -2.31. The predicted molar refractivity (Wildman–Crippen MR) is 258 cm³/mol. The Bertz CT molecular complexity index is 2680. The Hall–Kier alpha value is -7.00. The predicted octanol–water partition coefficient (Wildman–Crippen LogP) is 13.6. The van der Waals surface area contributed by atoms with E-state index in [0.29, 0.717) is 57.4 Å². The number of esters is 2. The molecule has 6 aromatic carbocycles. The number of ketones is 2. The fraction of sp³-hybridized carbons (Fsp3) is 0.298. The zero-order valence-corrected chi connectivity index (χ0v) is 39.9. The van der Waals surface area contributed by atoms with E-state index in [4.69, 9.17) is 23.7 Å². The summed E-state index contributed by atoms with van der Waals surface area (Å²) in [7, 11) is 0. The normalized spacial score (nSPS) is 12.2. The third-order valence-corrected chi connectivity index (χ3v) is 11.8. The van der Waals surface area contributed by atoms with Crippen LogP contribution in [0.4, 0.5) is 0 Å². The van der Waals surface area contributed by atoms with Gasteiger partial charge in [-0.25, -0.2) is 9.59 Å². The molecule has 6 rings (SSSR count). The van der Waals surface area contributed by atoms with Gasteiger partial charge in [-0.2, -0.15) is 0 Å². The summed E-state index contributed by atoms with van der Waals surface area (Å²) in [6, 6.07) is 39.0. The molecule has 0 N–H and O–H groups in total. The highest BCUT2D eigenvalue weighted by molar-refractivity contribution is 6.02. The number of Topliss-reactive ketones (excluding diaryl/α,β-unsaturated/α-hetero) is 2. The van der Waals surface area contributed by atoms with Crippen LogP contribution in [0.5, 0.6) is 34.5 Å². The summed E-state index contributed by atoms with van der Waals surface area (Å²) in [5.41, 5.74) is 3.87. The molecule has 0 heterocycles. The van der Waals surface area contributed by atoms with Crippen molar-refractivity contribution in [1.29, 1.82) is 0 Å². The first-order valence-electron chi connectivity index (χ1n) is 22.3. The molecule has 0 aromatic heterocycles. The number of aryl methyl sites for hydroxylation is 2. The number of benzene rings is 6. The molecule has 1 atom stereocenters. The Balaban J connectivity index is 0.995. The Labute approximate surface area is 389 Å². The van der Waals surface area contributed by atoms with Gasteiger partial charge >= 0.3 is 11.9 Å². The van der Waals surface area contributed by atoms with Crippen molar-refractivity contribution in [3.05, 3.63) is 178 Å². The average molecular weight is 889 g/mol. The Morgan fingerprint density at radius 3 is 1.39 bits per heavy atom.